The first kappa shape index (κ1) is 17.5. The molecule has 1 aromatic carbocycles. The number of imidazole rings is 1. The van der Waals surface area contributed by atoms with Crippen LogP contribution in [0, 0.1) is 0 Å². The third-order valence-electron chi connectivity index (χ3n) is 3.19. The van der Waals surface area contributed by atoms with Crippen molar-refractivity contribution in [1.82, 2.24) is 9.55 Å². The van der Waals surface area contributed by atoms with Gasteiger partial charge in [-0.1, -0.05) is 18.2 Å². The van der Waals surface area contributed by atoms with Crippen molar-refractivity contribution in [1.29, 1.82) is 0 Å². The Bertz CT molecular complexity index is 785. The second kappa shape index (κ2) is 6.32. The van der Waals surface area contributed by atoms with Gasteiger partial charge in [0.15, 0.2) is 0 Å². The third-order valence-corrected chi connectivity index (χ3v) is 4.20. The number of benzene rings is 1. The smallest absolute Gasteiger partial charge is 0.391 e. The van der Waals surface area contributed by atoms with Crippen molar-refractivity contribution in [2.45, 2.75) is 30.4 Å². The fourth-order valence-corrected chi connectivity index (χ4v) is 3.10. The molecular weight excluding hydrogens is 333 g/mol. The van der Waals surface area contributed by atoms with Crippen LogP contribution >= 0.6 is 0 Å². The van der Waals surface area contributed by atoms with Crippen LogP contribution in [0.5, 0.6) is 0 Å². The summed E-state index contributed by atoms with van der Waals surface area (Å²) in [6, 6.07) is 4.96. The zero-order chi connectivity index (χ0) is 17.3. The van der Waals surface area contributed by atoms with Crippen LogP contribution in [0.1, 0.15) is 11.1 Å². The summed E-state index contributed by atoms with van der Waals surface area (Å²) >= 11 is 0. The van der Waals surface area contributed by atoms with E-state index in [1.165, 1.54) is 35.2 Å². The van der Waals surface area contributed by atoms with Crippen LogP contribution in [0.25, 0.3) is 0 Å². The molecule has 1 unspecified atom stereocenters. The van der Waals surface area contributed by atoms with E-state index >= 15 is 0 Å². The molecule has 126 valence electrons. The van der Waals surface area contributed by atoms with E-state index in [2.05, 4.69) is 4.98 Å². The fraction of sp³-hybridized carbons (Fsp3) is 0.357. The molecule has 0 fully saturated rings. The van der Waals surface area contributed by atoms with Gasteiger partial charge in [0.1, 0.15) is 0 Å². The van der Waals surface area contributed by atoms with E-state index in [1.54, 1.807) is 0 Å². The monoisotopic (exact) mass is 348 g/mol. The van der Waals surface area contributed by atoms with E-state index in [0.717, 1.165) is 12.3 Å². The van der Waals surface area contributed by atoms with Crippen LogP contribution in [0.3, 0.4) is 0 Å². The number of aliphatic hydroxyl groups excluding tert-OH is 1. The molecule has 1 N–H and O–H groups in total. The molecule has 1 aromatic heterocycles. The Kier molecular flexibility index (Phi) is 4.81. The van der Waals surface area contributed by atoms with Crippen LogP contribution < -0.4 is 0 Å². The number of hydrogen-bond donors (Lipinski definition) is 1. The van der Waals surface area contributed by atoms with Crippen molar-refractivity contribution in [3.8, 4) is 0 Å². The molecule has 9 heteroatoms. The van der Waals surface area contributed by atoms with Gasteiger partial charge in [-0.25, -0.2) is 13.4 Å². The molecule has 23 heavy (non-hydrogen) atoms. The lowest BCUT2D eigenvalue weighted by molar-refractivity contribution is -0.138. The van der Waals surface area contributed by atoms with Gasteiger partial charge in [0.2, 0.25) is 15.0 Å². The molecule has 0 radical (unpaired) electrons. The Morgan fingerprint density at radius 2 is 1.96 bits per heavy atom. The van der Waals surface area contributed by atoms with Crippen LogP contribution in [-0.4, -0.2) is 35.4 Å². The summed E-state index contributed by atoms with van der Waals surface area (Å²) in [4.78, 5) is 3.69. The van der Waals surface area contributed by atoms with Gasteiger partial charge in [0.25, 0.3) is 0 Å². The van der Waals surface area contributed by atoms with Gasteiger partial charge in [0, 0.05) is 25.1 Å². The van der Waals surface area contributed by atoms with Crippen molar-refractivity contribution >= 4 is 9.84 Å². The molecule has 0 aliphatic carbocycles. The van der Waals surface area contributed by atoms with Gasteiger partial charge in [-0.15, -0.1) is 0 Å². The van der Waals surface area contributed by atoms with Crippen molar-refractivity contribution in [2.24, 2.45) is 0 Å². The van der Waals surface area contributed by atoms with Gasteiger partial charge < -0.3 is 9.67 Å². The number of halogens is 3. The Morgan fingerprint density at radius 3 is 2.57 bits per heavy atom. The van der Waals surface area contributed by atoms with Crippen LogP contribution in [-0.2, 0) is 29.0 Å². The minimum Gasteiger partial charge on any atom is -0.391 e. The largest absolute Gasteiger partial charge is 0.416 e. The SMILES string of the molecule is CS(=O)(=O)c1nccn1CC(O)Cc1ccccc1C(F)(F)F. The molecule has 0 saturated heterocycles. The van der Waals surface area contributed by atoms with Gasteiger partial charge in [0.05, 0.1) is 18.2 Å². The molecule has 2 aromatic rings. The number of aliphatic hydroxyl groups is 1. The lowest BCUT2D eigenvalue weighted by atomic mass is 10.0. The van der Waals surface area contributed by atoms with Gasteiger partial charge in [-0.3, -0.25) is 0 Å². The summed E-state index contributed by atoms with van der Waals surface area (Å²) in [6.45, 7) is -0.172. The molecule has 0 bridgehead atoms. The number of nitrogens with zero attached hydrogens (tertiary/aromatic N) is 2. The van der Waals surface area contributed by atoms with Gasteiger partial charge >= 0.3 is 6.18 Å². The highest BCUT2D eigenvalue weighted by molar-refractivity contribution is 7.90. The number of aromatic nitrogens is 2. The van der Waals surface area contributed by atoms with Gasteiger partial charge in [-0.2, -0.15) is 13.2 Å². The van der Waals surface area contributed by atoms with E-state index in [0.29, 0.717) is 0 Å². The number of sulfone groups is 1. The molecule has 0 saturated carbocycles. The van der Waals surface area contributed by atoms with Crippen molar-refractivity contribution in [3.63, 3.8) is 0 Å². The van der Waals surface area contributed by atoms with Crippen molar-refractivity contribution in [3.05, 3.63) is 47.8 Å². The highest BCUT2D eigenvalue weighted by Gasteiger charge is 2.33. The maximum Gasteiger partial charge on any atom is 0.416 e. The second-order valence-electron chi connectivity index (χ2n) is 5.15. The van der Waals surface area contributed by atoms with Crippen LogP contribution in [0.15, 0.2) is 41.8 Å². The van der Waals surface area contributed by atoms with Crippen LogP contribution in [0.2, 0.25) is 0 Å². The summed E-state index contributed by atoms with van der Waals surface area (Å²) in [7, 11) is -3.58. The molecule has 0 aliphatic heterocycles. The lowest BCUT2D eigenvalue weighted by Gasteiger charge is -2.17. The first-order valence-corrected chi connectivity index (χ1v) is 8.52. The maximum absolute atomic E-state index is 12.9. The molecule has 1 atom stereocenters. The van der Waals surface area contributed by atoms with Crippen molar-refractivity contribution < 1.29 is 26.7 Å². The zero-order valence-electron chi connectivity index (χ0n) is 12.2. The Morgan fingerprint density at radius 1 is 1.30 bits per heavy atom. The predicted molar refractivity (Wildman–Crippen MR) is 76.5 cm³/mol. The Labute approximate surface area is 131 Å². The summed E-state index contributed by atoms with van der Waals surface area (Å²) in [5.74, 6) is 0. The normalized spacial score (nSPS) is 14.0. The highest BCUT2D eigenvalue weighted by Crippen LogP contribution is 2.32. The first-order valence-electron chi connectivity index (χ1n) is 6.63. The summed E-state index contributed by atoms with van der Waals surface area (Å²) in [6.07, 6.45) is -2.37. The summed E-state index contributed by atoms with van der Waals surface area (Å²) < 4.78 is 63.0. The number of alkyl halides is 3. The molecule has 5 nitrogen and oxygen atoms in total. The van der Waals surface area contributed by atoms with E-state index in [9.17, 15) is 26.7 Å². The van der Waals surface area contributed by atoms with E-state index in [4.69, 9.17) is 0 Å². The predicted octanol–water partition coefficient (Wildman–Crippen LogP) is 1.91. The molecule has 0 aliphatic rings. The van der Waals surface area contributed by atoms with E-state index in [-0.39, 0.29) is 23.7 Å². The summed E-state index contributed by atoms with van der Waals surface area (Å²) in [5.41, 5.74) is -0.860. The Hall–Kier alpha value is -1.87. The minimum atomic E-state index is -4.51. The Balaban J connectivity index is 2.19. The van der Waals surface area contributed by atoms with Crippen molar-refractivity contribution in [2.75, 3.05) is 6.26 Å². The lowest BCUT2D eigenvalue weighted by Crippen LogP contribution is -2.22. The zero-order valence-corrected chi connectivity index (χ0v) is 13.0. The fourth-order valence-electron chi connectivity index (χ4n) is 2.28. The summed E-state index contributed by atoms with van der Waals surface area (Å²) in [5, 5.41) is 9.81. The van der Waals surface area contributed by atoms with E-state index < -0.39 is 27.7 Å². The molecule has 2 rings (SSSR count). The first-order chi connectivity index (χ1) is 10.6. The molecule has 0 spiro atoms. The molecule has 1 heterocycles. The highest BCUT2D eigenvalue weighted by atomic mass is 32.2. The van der Waals surface area contributed by atoms with Gasteiger partial charge in [-0.05, 0) is 11.6 Å². The third kappa shape index (κ3) is 4.32. The minimum absolute atomic E-state index is 0.0477. The standard InChI is InChI=1S/C14H15F3N2O3S/c1-23(21,22)13-18-6-7-19(13)9-11(20)8-10-4-2-3-5-12(10)14(15,16)17/h2-7,11,20H,8-9H2,1H3. The average Bonchev–Trinajstić information content (AvgIpc) is 2.86. The quantitative estimate of drug-likeness (QED) is 0.896. The van der Waals surface area contributed by atoms with Crippen LogP contribution in [0.4, 0.5) is 13.2 Å². The molecule has 0 amide bonds. The van der Waals surface area contributed by atoms with E-state index in [1.807, 2.05) is 0 Å². The number of rotatable bonds is 5. The maximum atomic E-state index is 12.9. The average molecular weight is 348 g/mol. The molecular formula is C14H15F3N2O3S. The number of hydrogen-bond acceptors (Lipinski definition) is 4. The topological polar surface area (TPSA) is 72.2 Å². The second-order valence-corrected chi connectivity index (χ2v) is 7.06.